The highest BCUT2D eigenvalue weighted by Gasteiger charge is 2.20. The second-order valence-corrected chi connectivity index (χ2v) is 7.34. The van der Waals surface area contributed by atoms with Crippen LogP contribution in [-0.4, -0.2) is 30.0 Å². The first-order valence-corrected chi connectivity index (χ1v) is 10.3. The molecule has 2 aromatic heterocycles. The molecule has 4 rings (SSSR count). The zero-order valence-electron chi connectivity index (χ0n) is 17.7. The molecule has 9 heteroatoms. The summed E-state index contributed by atoms with van der Waals surface area (Å²) in [5.41, 5.74) is 2.40. The molecule has 4 aromatic rings. The van der Waals surface area contributed by atoms with E-state index in [1.807, 2.05) is 32.0 Å². The van der Waals surface area contributed by atoms with Gasteiger partial charge in [-0.25, -0.2) is 9.67 Å². The van der Waals surface area contributed by atoms with E-state index in [1.165, 1.54) is 33.9 Å². The number of nitrogens with zero attached hydrogens (tertiary/aromatic N) is 5. The third kappa shape index (κ3) is 3.68. The summed E-state index contributed by atoms with van der Waals surface area (Å²) >= 11 is 0. The van der Waals surface area contributed by atoms with Crippen LogP contribution in [0.3, 0.4) is 0 Å². The van der Waals surface area contributed by atoms with E-state index in [-0.39, 0.29) is 34.7 Å². The second-order valence-electron chi connectivity index (χ2n) is 7.34. The zero-order chi connectivity index (χ0) is 22.8. The van der Waals surface area contributed by atoms with Gasteiger partial charge in [0.2, 0.25) is 0 Å². The number of fused-ring (bicyclic) bond motifs is 1. The molecule has 2 aromatic carbocycles. The molecule has 0 unspecified atom stereocenters. The van der Waals surface area contributed by atoms with E-state index >= 15 is 0 Å². The fraction of sp³-hybridized carbons (Fsp3) is 0.217. The van der Waals surface area contributed by atoms with Crippen molar-refractivity contribution in [1.82, 2.24) is 19.3 Å². The van der Waals surface area contributed by atoms with Gasteiger partial charge in [0.05, 0.1) is 17.7 Å². The molecular formula is C23H21N5O4. The van der Waals surface area contributed by atoms with Crippen LogP contribution in [0.25, 0.3) is 16.7 Å². The van der Waals surface area contributed by atoms with Gasteiger partial charge in [-0.2, -0.15) is 5.10 Å². The van der Waals surface area contributed by atoms with Crippen molar-refractivity contribution in [2.45, 2.75) is 33.2 Å². The van der Waals surface area contributed by atoms with Crippen molar-refractivity contribution >= 4 is 22.5 Å². The number of hydrogen-bond donors (Lipinski definition) is 0. The normalized spacial score (nSPS) is 11.1. The molecule has 0 aliphatic heterocycles. The lowest BCUT2D eigenvalue weighted by molar-refractivity contribution is -0.384. The number of benzene rings is 2. The van der Waals surface area contributed by atoms with Crippen molar-refractivity contribution in [1.29, 1.82) is 0 Å². The number of nitro groups is 1. The predicted octanol–water partition coefficient (Wildman–Crippen LogP) is 3.50. The molecular weight excluding hydrogens is 410 g/mol. The number of para-hydroxylation sites is 2. The highest BCUT2D eigenvalue weighted by Crippen LogP contribution is 2.24. The van der Waals surface area contributed by atoms with Crippen molar-refractivity contribution in [2.75, 3.05) is 0 Å². The molecule has 162 valence electrons. The molecule has 2 heterocycles. The fourth-order valence-corrected chi connectivity index (χ4v) is 3.69. The SMILES string of the molecule is CCc1ccc(CC)c(C(=O)Cn2cnc3c(cnn3-c3ccccc3[N+](=O)[O-])c2=O)c1. The molecule has 9 nitrogen and oxygen atoms in total. The van der Waals surface area contributed by atoms with Crippen LogP contribution in [0, 0.1) is 10.1 Å². The number of rotatable bonds is 7. The molecule has 0 aliphatic carbocycles. The highest BCUT2D eigenvalue weighted by atomic mass is 16.6. The third-order valence-electron chi connectivity index (χ3n) is 5.44. The van der Waals surface area contributed by atoms with Crippen LogP contribution in [0.2, 0.25) is 0 Å². The maximum atomic E-state index is 13.0. The summed E-state index contributed by atoms with van der Waals surface area (Å²) in [4.78, 5) is 41.2. The van der Waals surface area contributed by atoms with Gasteiger partial charge in [-0.15, -0.1) is 0 Å². The van der Waals surface area contributed by atoms with Gasteiger partial charge >= 0.3 is 0 Å². The van der Waals surface area contributed by atoms with Gasteiger partial charge in [-0.1, -0.05) is 38.1 Å². The van der Waals surface area contributed by atoms with Crippen molar-refractivity contribution in [3.05, 3.63) is 92.1 Å². The minimum atomic E-state index is -0.515. The Hall–Kier alpha value is -4.14. The zero-order valence-corrected chi connectivity index (χ0v) is 17.7. The number of carbonyl (C=O) groups excluding carboxylic acids is 1. The molecule has 0 saturated heterocycles. The summed E-state index contributed by atoms with van der Waals surface area (Å²) in [6.07, 6.45) is 4.12. The minimum Gasteiger partial charge on any atom is -0.292 e. The third-order valence-corrected chi connectivity index (χ3v) is 5.44. The first-order chi connectivity index (χ1) is 15.4. The Labute approximate surface area is 183 Å². The Bertz CT molecular complexity index is 1400. The summed E-state index contributed by atoms with van der Waals surface area (Å²) < 4.78 is 2.51. The molecule has 32 heavy (non-hydrogen) atoms. The molecule has 0 fully saturated rings. The van der Waals surface area contributed by atoms with Crippen molar-refractivity contribution in [2.24, 2.45) is 0 Å². The van der Waals surface area contributed by atoms with Crippen LogP contribution >= 0.6 is 0 Å². The molecule has 0 radical (unpaired) electrons. The lowest BCUT2D eigenvalue weighted by Gasteiger charge is -2.10. The monoisotopic (exact) mass is 431 g/mol. The van der Waals surface area contributed by atoms with Crippen molar-refractivity contribution in [3.8, 4) is 5.69 Å². The van der Waals surface area contributed by atoms with E-state index in [9.17, 15) is 19.7 Å². The molecule has 0 amide bonds. The molecule has 0 spiro atoms. The second kappa shape index (κ2) is 8.54. The van der Waals surface area contributed by atoms with Gasteiger partial charge < -0.3 is 0 Å². The summed E-state index contributed by atoms with van der Waals surface area (Å²) in [6, 6.07) is 11.9. The standard InChI is InChI=1S/C23H21N5O4/c1-3-15-9-10-16(4-2)17(11-15)21(29)13-26-14-24-22-18(23(26)30)12-25-27(22)19-7-5-6-8-20(19)28(31)32/h5-12,14H,3-4,13H2,1-2H3. The first kappa shape index (κ1) is 21.1. The fourth-order valence-electron chi connectivity index (χ4n) is 3.69. The average Bonchev–Trinajstić information content (AvgIpc) is 3.25. The molecule has 0 N–H and O–H groups in total. The molecule has 0 aliphatic rings. The maximum absolute atomic E-state index is 13.0. The minimum absolute atomic E-state index is 0.151. The maximum Gasteiger partial charge on any atom is 0.294 e. The molecule has 0 saturated carbocycles. The van der Waals surface area contributed by atoms with E-state index in [2.05, 4.69) is 10.1 Å². The van der Waals surface area contributed by atoms with E-state index in [0.29, 0.717) is 12.0 Å². The summed E-state index contributed by atoms with van der Waals surface area (Å²) in [5, 5.41) is 15.7. The number of aryl methyl sites for hydroxylation is 2. The first-order valence-electron chi connectivity index (χ1n) is 10.3. The Kier molecular flexibility index (Phi) is 5.63. The molecule has 0 atom stereocenters. The summed E-state index contributed by atoms with van der Waals surface area (Å²) in [7, 11) is 0. The largest absolute Gasteiger partial charge is 0.294 e. The number of carbonyl (C=O) groups is 1. The number of ketones is 1. The number of nitro benzene ring substituents is 1. The molecule has 0 bridgehead atoms. The number of hydrogen-bond acceptors (Lipinski definition) is 6. The highest BCUT2D eigenvalue weighted by molar-refractivity contribution is 5.97. The van der Waals surface area contributed by atoms with Gasteiger partial charge in [0, 0.05) is 11.6 Å². The number of Topliss-reactive ketones (excluding diaryl/α,β-unsaturated/α-hetero) is 1. The quantitative estimate of drug-likeness (QED) is 0.251. The van der Waals surface area contributed by atoms with Gasteiger partial charge in [0.25, 0.3) is 11.2 Å². The van der Waals surface area contributed by atoms with Gasteiger partial charge in [0.1, 0.15) is 17.4 Å². The van der Waals surface area contributed by atoms with E-state index in [0.717, 1.165) is 17.5 Å². The number of aromatic nitrogens is 4. The lowest BCUT2D eigenvalue weighted by atomic mass is 9.97. The summed E-state index contributed by atoms with van der Waals surface area (Å²) in [6.45, 7) is 3.85. The van der Waals surface area contributed by atoms with Crippen molar-refractivity contribution < 1.29 is 9.72 Å². The van der Waals surface area contributed by atoms with Crippen LogP contribution in [-0.2, 0) is 19.4 Å². The smallest absolute Gasteiger partial charge is 0.292 e. The Balaban J connectivity index is 1.73. The van der Waals surface area contributed by atoms with E-state index < -0.39 is 10.5 Å². The van der Waals surface area contributed by atoms with E-state index in [1.54, 1.807) is 12.1 Å². The Morgan fingerprint density at radius 1 is 1.12 bits per heavy atom. The topological polar surface area (TPSA) is 113 Å². The predicted molar refractivity (Wildman–Crippen MR) is 119 cm³/mol. The van der Waals surface area contributed by atoms with Crippen LogP contribution < -0.4 is 5.56 Å². The average molecular weight is 431 g/mol. The Morgan fingerprint density at radius 2 is 1.91 bits per heavy atom. The van der Waals surface area contributed by atoms with Gasteiger partial charge in [-0.3, -0.25) is 24.3 Å². The van der Waals surface area contributed by atoms with Crippen LogP contribution in [0.1, 0.15) is 35.3 Å². The van der Waals surface area contributed by atoms with Crippen LogP contribution in [0.4, 0.5) is 5.69 Å². The van der Waals surface area contributed by atoms with Crippen molar-refractivity contribution in [3.63, 3.8) is 0 Å². The van der Waals surface area contributed by atoms with Crippen LogP contribution in [0.15, 0.2) is 59.8 Å². The Morgan fingerprint density at radius 3 is 2.62 bits per heavy atom. The van der Waals surface area contributed by atoms with Gasteiger partial charge in [-0.05, 0) is 36.1 Å². The summed E-state index contributed by atoms with van der Waals surface area (Å²) in [5.74, 6) is -0.175. The lowest BCUT2D eigenvalue weighted by Crippen LogP contribution is -2.25. The van der Waals surface area contributed by atoms with Gasteiger partial charge in [0.15, 0.2) is 11.4 Å². The van der Waals surface area contributed by atoms with E-state index in [4.69, 9.17) is 0 Å². The van der Waals surface area contributed by atoms with Crippen LogP contribution in [0.5, 0.6) is 0 Å².